The van der Waals surface area contributed by atoms with E-state index in [1.165, 1.54) is 0 Å². The summed E-state index contributed by atoms with van der Waals surface area (Å²) in [6, 6.07) is 6.65. The van der Waals surface area contributed by atoms with E-state index in [2.05, 4.69) is 0 Å². The average molecular weight is 223 g/mol. The Labute approximate surface area is 85.2 Å². The van der Waals surface area contributed by atoms with E-state index in [9.17, 15) is 4.79 Å². The molecule has 12 heavy (non-hydrogen) atoms. The molecule has 0 bridgehead atoms. The first-order chi connectivity index (χ1) is 5.61. The highest BCUT2D eigenvalue weighted by Gasteiger charge is 2.14. The van der Waals surface area contributed by atoms with Crippen LogP contribution in [0.15, 0.2) is 24.3 Å². The lowest BCUT2D eigenvalue weighted by atomic mass is 10.2. The summed E-state index contributed by atoms with van der Waals surface area (Å²) in [5, 5.41) is -0.771. The van der Waals surface area contributed by atoms with Gasteiger partial charge in [0, 0.05) is 5.02 Å². The van der Waals surface area contributed by atoms with Crippen LogP contribution in [0.1, 0.15) is 10.9 Å². The van der Waals surface area contributed by atoms with Gasteiger partial charge in [-0.05, 0) is 29.3 Å². The lowest BCUT2D eigenvalue weighted by molar-refractivity contribution is -0.111. The van der Waals surface area contributed by atoms with E-state index in [4.69, 9.17) is 34.8 Å². The van der Waals surface area contributed by atoms with Gasteiger partial charge >= 0.3 is 0 Å². The maximum absolute atomic E-state index is 10.6. The van der Waals surface area contributed by atoms with Gasteiger partial charge in [-0.2, -0.15) is 0 Å². The first kappa shape index (κ1) is 9.85. The molecule has 0 fully saturated rings. The van der Waals surface area contributed by atoms with Crippen molar-refractivity contribution in [3.63, 3.8) is 0 Å². The molecule has 0 aliphatic carbocycles. The van der Waals surface area contributed by atoms with Gasteiger partial charge in [0.05, 0.1) is 0 Å². The van der Waals surface area contributed by atoms with Gasteiger partial charge in [0.25, 0.3) is 0 Å². The largest absolute Gasteiger partial charge is 0.279 e. The lowest BCUT2D eigenvalue weighted by Gasteiger charge is -2.03. The molecule has 1 aromatic rings. The third-order valence-corrected chi connectivity index (χ3v) is 2.39. The highest BCUT2D eigenvalue weighted by molar-refractivity contribution is 6.68. The highest BCUT2D eigenvalue weighted by Crippen LogP contribution is 2.24. The zero-order chi connectivity index (χ0) is 9.14. The maximum Gasteiger partial charge on any atom is 0.244 e. The molecule has 1 rings (SSSR count). The molecule has 0 aliphatic heterocycles. The molecular formula is C8H5Cl3O. The number of hydrogen-bond donors (Lipinski definition) is 0. The van der Waals surface area contributed by atoms with Crippen molar-refractivity contribution in [3.8, 4) is 0 Å². The van der Waals surface area contributed by atoms with Crippen LogP contribution in [0.4, 0.5) is 0 Å². The normalized spacial score (nSPS) is 12.6. The van der Waals surface area contributed by atoms with Gasteiger partial charge in [-0.15, -0.1) is 11.6 Å². The van der Waals surface area contributed by atoms with Gasteiger partial charge in [0.2, 0.25) is 5.24 Å². The van der Waals surface area contributed by atoms with Crippen LogP contribution in [0.3, 0.4) is 0 Å². The van der Waals surface area contributed by atoms with Crippen molar-refractivity contribution in [1.29, 1.82) is 0 Å². The third-order valence-electron chi connectivity index (χ3n) is 1.36. The second-order valence-electron chi connectivity index (χ2n) is 2.22. The standard InChI is InChI=1S/C8H5Cl3O/c9-6-3-1-5(2-4-6)7(10)8(11)12/h1-4,7H. The number of halogens is 3. The molecule has 1 atom stereocenters. The summed E-state index contributed by atoms with van der Waals surface area (Å²) in [6.45, 7) is 0. The minimum absolute atomic E-state index is 0.584. The highest BCUT2D eigenvalue weighted by atomic mass is 35.5. The van der Waals surface area contributed by atoms with Gasteiger partial charge in [-0.1, -0.05) is 23.7 Å². The van der Waals surface area contributed by atoms with E-state index in [-0.39, 0.29) is 0 Å². The van der Waals surface area contributed by atoms with Gasteiger partial charge in [0.1, 0.15) is 5.38 Å². The van der Waals surface area contributed by atoms with Crippen LogP contribution in [-0.2, 0) is 4.79 Å². The van der Waals surface area contributed by atoms with Crippen LogP contribution >= 0.6 is 34.8 Å². The van der Waals surface area contributed by atoms with Crippen LogP contribution in [0.2, 0.25) is 5.02 Å². The molecule has 0 spiro atoms. The Morgan fingerprint density at radius 2 is 1.75 bits per heavy atom. The molecule has 0 aliphatic rings. The molecule has 0 radical (unpaired) electrons. The van der Waals surface area contributed by atoms with Crippen molar-refractivity contribution in [2.45, 2.75) is 5.38 Å². The summed E-state index contributed by atoms with van der Waals surface area (Å²) in [7, 11) is 0. The Balaban J connectivity index is 2.89. The zero-order valence-corrected chi connectivity index (χ0v) is 8.20. The predicted octanol–water partition coefficient (Wildman–Crippen LogP) is 3.39. The van der Waals surface area contributed by atoms with E-state index in [1.807, 2.05) is 0 Å². The van der Waals surface area contributed by atoms with Crippen molar-refractivity contribution in [1.82, 2.24) is 0 Å². The Bertz CT molecular complexity index is 281. The van der Waals surface area contributed by atoms with Crippen LogP contribution in [-0.4, -0.2) is 5.24 Å². The molecule has 64 valence electrons. The number of carbonyl (C=O) groups is 1. The molecule has 4 heteroatoms. The summed E-state index contributed by atoms with van der Waals surface area (Å²) in [6.07, 6.45) is 0. The molecule has 0 aromatic heterocycles. The second-order valence-corrected chi connectivity index (χ2v) is 3.46. The summed E-state index contributed by atoms with van der Waals surface area (Å²) in [4.78, 5) is 10.6. The Morgan fingerprint density at radius 1 is 1.25 bits per heavy atom. The van der Waals surface area contributed by atoms with Gasteiger partial charge < -0.3 is 0 Å². The number of hydrogen-bond acceptors (Lipinski definition) is 1. The topological polar surface area (TPSA) is 17.1 Å². The SMILES string of the molecule is O=C(Cl)C(Cl)c1ccc(Cl)cc1. The third kappa shape index (κ3) is 2.37. The number of benzene rings is 1. The van der Waals surface area contributed by atoms with E-state index < -0.39 is 10.6 Å². The first-order valence-electron chi connectivity index (χ1n) is 3.20. The Hall–Kier alpha value is -0.240. The van der Waals surface area contributed by atoms with Crippen molar-refractivity contribution >= 4 is 40.0 Å². The number of rotatable bonds is 2. The zero-order valence-electron chi connectivity index (χ0n) is 5.93. The number of carbonyl (C=O) groups excluding carboxylic acids is 1. The van der Waals surface area contributed by atoms with Crippen LogP contribution in [0.5, 0.6) is 0 Å². The van der Waals surface area contributed by atoms with E-state index in [0.29, 0.717) is 10.6 Å². The maximum atomic E-state index is 10.6. The minimum Gasteiger partial charge on any atom is -0.279 e. The molecule has 0 saturated heterocycles. The van der Waals surface area contributed by atoms with Gasteiger partial charge in [0.15, 0.2) is 0 Å². The molecule has 0 saturated carbocycles. The van der Waals surface area contributed by atoms with E-state index >= 15 is 0 Å². The summed E-state index contributed by atoms with van der Waals surface area (Å²) in [5.41, 5.74) is 0.654. The van der Waals surface area contributed by atoms with Gasteiger partial charge in [-0.25, -0.2) is 0 Å². The quantitative estimate of drug-likeness (QED) is 0.555. The summed E-state index contributed by atoms with van der Waals surface area (Å²) in [5.74, 6) is 0. The van der Waals surface area contributed by atoms with E-state index in [1.54, 1.807) is 24.3 Å². The molecule has 0 N–H and O–H groups in total. The van der Waals surface area contributed by atoms with Crippen LogP contribution in [0, 0.1) is 0 Å². The van der Waals surface area contributed by atoms with Crippen molar-refractivity contribution in [2.75, 3.05) is 0 Å². The van der Waals surface area contributed by atoms with Crippen LogP contribution < -0.4 is 0 Å². The fourth-order valence-electron chi connectivity index (χ4n) is 0.763. The fourth-order valence-corrected chi connectivity index (χ4v) is 1.16. The summed E-state index contributed by atoms with van der Waals surface area (Å²) >= 11 is 16.5. The van der Waals surface area contributed by atoms with Crippen LogP contribution in [0.25, 0.3) is 0 Å². The van der Waals surface area contributed by atoms with Gasteiger partial charge in [-0.3, -0.25) is 4.79 Å². The minimum atomic E-state index is -0.788. The lowest BCUT2D eigenvalue weighted by Crippen LogP contribution is -1.97. The molecule has 1 nitrogen and oxygen atoms in total. The molecule has 1 aromatic carbocycles. The van der Waals surface area contributed by atoms with Crippen molar-refractivity contribution < 1.29 is 4.79 Å². The molecule has 0 heterocycles. The Kier molecular flexibility index (Phi) is 3.39. The monoisotopic (exact) mass is 222 g/mol. The number of alkyl halides is 1. The van der Waals surface area contributed by atoms with Crippen molar-refractivity contribution in [3.05, 3.63) is 34.9 Å². The molecule has 1 unspecified atom stereocenters. The molecule has 0 amide bonds. The second kappa shape index (κ2) is 4.13. The van der Waals surface area contributed by atoms with Crippen molar-refractivity contribution in [2.24, 2.45) is 0 Å². The predicted molar refractivity (Wildman–Crippen MR) is 50.9 cm³/mol. The average Bonchev–Trinajstić information content (AvgIpc) is 2.04. The summed E-state index contributed by atoms with van der Waals surface area (Å²) < 4.78 is 0. The Morgan fingerprint density at radius 3 is 2.17 bits per heavy atom. The fraction of sp³-hybridized carbons (Fsp3) is 0.125. The smallest absolute Gasteiger partial charge is 0.244 e. The van der Waals surface area contributed by atoms with E-state index in [0.717, 1.165) is 0 Å². The molecular weight excluding hydrogens is 218 g/mol. The first-order valence-corrected chi connectivity index (χ1v) is 4.39.